The minimum Gasteiger partial charge on any atom is -0.394 e. The fourth-order valence-electron chi connectivity index (χ4n) is 9.53. The van der Waals surface area contributed by atoms with Crippen molar-refractivity contribution in [1.82, 2.24) is 5.32 Å². The fourth-order valence-corrected chi connectivity index (χ4v) is 9.53. The molecule has 4 N–H and O–H groups in total. The molecule has 0 saturated carbocycles. The first-order chi connectivity index (χ1) is 33.1. The van der Waals surface area contributed by atoms with E-state index in [-0.39, 0.29) is 12.5 Å². The third kappa shape index (κ3) is 52.2. The molecule has 396 valence electrons. The topological polar surface area (TPSA) is 89.8 Å². The molecule has 0 aliphatic carbocycles. The van der Waals surface area contributed by atoms with Gasteiger partial charge in [-0.25, -0.2) is 0 Å². The highest BCUT2D eigenvalue weighted by Gasteiger charge is 2.26. The van der Waals surface area contributed by atoms with Crippen molar-refractivity contribution in [2.45, 2.75) is 347 Å². The number of unbranched alkanes of at least 4 members (excludes halogenated alkanes) is 42. The van der Waals surface area contributed by atoms with Crippen LogP contribution in [-0.2, 0) is 4.79 Å². The lowest BCUT2D eigenvalue weighted by Gasteiger charge is -2.26. The van der Waals surface area contributed by atoms with Gasteiger partial charge < -0.3 is 20.6 Å². The first kappa shape index (κ1) is 65.6. The molecular weight excluding hydrogens is 823 g/mol. The summed E-state index contributed by atoms with van der Waals surface area (Å²) < 4.78 is 0. The summed E-state index contributed by atoms with van der Waals surface area (Å²) in [4.78, 5) is 12.5. The second-order valence-corrected chi connectivity index (χ2v) is 20.9. The van der Waals surface area contributed by atoms with Gasteiger partial charge in [0.25, 0.3) is 0 Å². The number of carbonyl (C=O) groups is 1. The van der Waals surface area contributed by atoms with Crippen LogP contribution >= 0.6 is 0 Å². The molecule has 0 aromatic rings. The Labute approximate surface area is 419 Å². The van der Waals surface area contributed by atoms with Crippen LogP contribution in [0.2, 0.25) is 0 Å². The Bertz CT molecular complexity index is 1040. The third-order valence-corrected chi connectivity index (χ3v) is 14.2. The molecule has 0 aliphatic rings. The van der Waals surface area contributed by atoms with Gasteiger partial charge in [0.1, 0.15) is 6.10 Å². The number of amides is 1. The number of hydrogen-bond donors (Lipinski definition) is 4. The van der Waals surface area contributed by atoms with E-state index in [0.29, 0.717) is 12.8 Å². The maximum atomic E-state index is 12.5. The van der Waals surface area contributed by atoms with E-state index >= 15 is 0 Å². The summed E-state index contributed by atoms with van der Waals surface area (Å²) >= 11 is 0. The van der Waals surface area contributed by atoms with Crippen LogP contribution in [0.1, 0.15) is 328 Å². The van der Waals surface area contributed by atoms with Crippen molar-refractivity contribution in [3.63, 3.8) is 0 Å². The number of aliphatic hydroxyl groups is 3. The predicted octanol–water partition coefficient (Wildman–Crippen LogP) is 19.0. The van der Waals surface area contributed by atoms with Crippen molar-refractivity contribution in [2.75, 3.05) is 6.61 Å². The SMILES string of the molecule is CCCCCCCCC/C=C/CC/C=C/CCCC(O)C(O)C(CO)NC(=O)CCCCCCCCCCCCCCCCCCC/C=C\CCCCCCCCCCCCCCCCCC. The van der Waals surface area contributed by atoms with Crippen molar-refractivity contribution in [3.8, 4) is 0 Å². The van der Waals surface area contributed by atoms with Crippen molar-refractivity contribution in [1.29, 1.82) is 0 Å². The van der Waals surface area contributed by atoms with E-state index in [9.17, 15) is 20.1 Å². The second-order valence-electron chi connectivity index (χ2n) is 20.9. The van der Waals surface area contributed by atoms with Crippen LogP contribution in [0.15, 0.2) is 36.5 Å². The molecule has 3 atom stereocenters. The molecule has 0 saturated heterocycles. The normalized spacial score (nSPS) is 13.4. The molecule has 0 fully saturated rings. The predicted molar refractivity (Wildman–Crippen MR) is 296 cm³/mol. The lowest BCUT2D eigenvalue weighted by molar-refractivity contribution is -0.124. The van der Waals surface area contributed by atoms with E-state index in [1.165, 1.54) is 257 Å². The van der Waals surface area contributed by atoms with Crippen LogP contribution in [0.4, 0.5) is 0 Å². The zero-order valence-corrected chi connectivity index (χ0v) is 45.3. The molecule has 0 heterocycles. The van der Waals surface area contributed by atoms with Crippen molar-refractivity contribution >= 4 is 5.91 Å². The molecule has 3 unspecified atom stereocenters. The minimum atomic E-state index is -1.17. The lowest BCUT2D eigenvalue weighted by atomic mass is 10.0. The number of allylic oxidation sites excluding steroid dienone is 6. The van der Waals surface area contributed by atoms with Gasteiger partial charge >= 0.3 is 0 Å². The summed E-state index contributed by atoms with van der Waals surface area (Å²) in [5, 5.41) is 33.7. The van der Waals surface area contributed by atoms with Gasteiger partial charge in [-0.2, -0.15) is 0 Å². The highest BCUT2D eigenvalue weighted by atomic mass is 16.3. The molecule has 0 spiro atoms. The first-order valence-corrected chi connectivity index (χ1v) is 30.3. The van der Waals surface area contributed by atoms with Gasteiger partial charge in [0, 0.05) is 6.42 Å². The van der Waals surface area contributed by atoms with Crippen LogP contribution in [-0.4, -0.2) is 46.1 Å². The van der Waals surface area contributed by atoms with Crippen LogP contribution in [0.25, 0.3) is 0 Å². The van der Waals surface area contributed by atoms with E-state index < -0.39 is 18.2 Å². The third-order valence-electron chi connectivity index (χ3n) is 14.2. The number of nitrogens with one attached hydrogen (secondary N) is 1. The van der Waals surface area contributed by atoms with Crippen LogP contribution in [0.3, 0.4) is 0 Å². The monoisotopic (exact) mass is 942 g/mol. The second kappa shape index (κ2) is 57.2. The molecule has 0 rings (SSSR count). The Morgan fingerprint density at radius 3 is 0.910 bits per heavy atom. The Hall–Kier alpha value is -1.43. The van der Waals surface area contributed by atoms with Gasteiger partial charge in [0.2, 0.25) is 5.91 Å². The zero-order valence-electron chi connectivity index (χ0n) is 45.3. The maximum Gasteiger partial charge on any atom is 0.220 e. The van der Waals surface area contributed by atoms with Gasteiger partial charge in [-0.15, -0.1) is 0 Å². The number of rotatable bonds is 56. The minimum absolute atomic E-state index is 0.154. The van der Waals surface area contributed by atoms with E-state index in [0.717, 1.165) is 44.9 Å². The Morgan fingerprint density at radius 2 is 0.612 bits per heavy atom. The zero-order chi connectivity index (χ0) is 48.6. The van der Waals surface area contributed by atoms with Crippen LogP contribution in [0, 0.1) is 0 Å². The standard InChI is InChI=1S/C62H119NO4/c1-3-5-7-9-11-13-15-17-19-21-22-23-24-25-26-27-28-29-30-31-32-33-34-35-36-37-38-39-40-41-43-45-47-49-51-53-55-57-61(66)63-59(58-64)62(67)60(65)56-54-52-50-48-46-44-42-20-18-16-14-12-10-8-6-4-2/h20,29-30,42,48,50,59-60,62,64-65,67H,3-19,21-28,31-41,43-47,49,51-58H2,1-2H3,(H,63,66)/b30-29-,42-20+,50-48+. The summed E-state index contributed by atoms with van der Waals surface area (Å²) in [6.07, 6.45) is 74.8. The van der Waals surface area contributed by atoms with E-state index in [1.807, 2.05) is 0 Å². The molecule has 67 heavy (non-hydrogen) atoms. The van der Waals surface area contributed by atoms with Gasteiger partial charge in [0.15, 0.2) is 0 Å². The number of carbonyl (C=O) groups excluding carboxylic acids is 1. The van der Waals surface area contributed by atoms with Crippen LogP contribution in [0.5, 0.6) is 0 Å². The fraction of sp³-hybridized carbons (Fsp3) is 0.887. The molecule has 0 bridgehead atoms. The van der Waals surface area contributed by atoms with Gasteiger partial charge in [-0.05, 0) is 77.0 Å². The van der Waals surface area contributed by atoms with Crippen molar-refractivity contribution < 1.29 is 20.1 Å². The Morgan fingerprint density at radius 1 is 0.358 bits per heavy atom. The first-order valence-electron chi connectivity index (χ1n) is 30.3. The molecule has 0 aromatic carbocycles. The Balaban J connectivity index is 3.48. The molecule has 5 nitrogen and oxygen atoms in total. The van der Waals surface area contributed by atoms with E-state index in [4.69, 9.17) is 0 Å². The molecule has 1 amide bonds. The van der Waals surface area contributed by atoms with Crippen molar-refractivity contribution in [2.24, 2.45) is 0 Å². The molecule has 0 aliphatic heterocycles. The highest BCUT2D eigenvalue weighted by molar-refractivity contribution is 5.76. The van der Waals surface area contributed by atoms with Crippen LogP contribution < -0.4 is 5.32 Å². The summed E-state index contributed by atoms with van der Waals surface area (Å²) in [5.74, 6) is -0.154. The van der Waals surface area contributed by atoms with Gasteiger partial charge in [-0.1, -0.05) is 281 Å². The van der Waals surface area contributed by atoms with Gasteiger partial charge in [-0.3, -0.25) is 4.79 Å². The molecule has 0 radical (unpaired) electrons. The average Bonchev–Trinajstić information content (AvgIpc) is 3.33. The smallest absolute Gasteiger partial charge is 0.220 e. The molecular formula is C62H119NO4. The largest absolute Gasteiger partial charge is 0.394 e. The summed E-state index contributed by atoms with van der Waals surface area (Å²) in [5.41, 5.74) is 0. The molecule has 5 heteroatoms. The van der Waals surface area contributed by atoms with E-state index in [2.05, 4.69) is 55.6 Å². The quantitative estimate of drug-likeness (QED) is 0.0361. The Kier molecular flexibility index (Phi) is 55.9. The maximum absolute atomic E-state index is 12.5. The van der Waals surface area contributed by atoms with Crippen molar-refractivity contribution in [3.05, 3.63) is 36.5 Å². The number of hydrogen-bond acceptors (Lipinski definition) is 4. The summed E-state index contributed by atoms with van der Waals surface area (Å²) in [6, 6.07) is -0.832. The average molecular weight is 943 g/mol. The summed E-state index contributed by atoms with van der Waals surface area (Å²) in [6.45, 7) is 4.19. The summed E-state index contributed by atoms with van der Waals surface area (Å²) in [7, 11) is 0. The molecule has 0 aromatic heterocycles. The van der Waals surface area contributed by atoms with Gasteiger partial charge in [0.05, 0.1) is 18.8 Å². The highest BCUT2D eigenvalue weighted by Crippen LogP contribution is 2.18. The number of aliphatic hydroxyl groups excluding tert-OH is 3. The van der Waals surface area contributed by atoms with E-state index in [1.54, 1.807) is 0 Å². The lowest BCUT2D eigenvalue weighted by Crippen LogP contribution is -2.50.